The Morgan fingerprint density at radius 3 is 2.28 bits per heavy atom. The van der Waals surface area contributed by atoms with Crippen molar-refractivity contribution in [1.82, 2.24) is 10.2 Å². The van der Waals surface area contributed by atoms with Gasteiger partial charge in [-0.25, -0.2) is 0 Å². The second kappa shape index (κ2) is 7.74. The van der Waals surface area contributed by atoms with Crippen molar-refractivity contribution >= 4 is 23.6 Å². The molecule has 2 amide bonds. The molecule has 4 nitrogen and oxygen atoms in total. The zero-order valence-electron chi connectivity index (χ0n) is 14.4. The molecule has 0 aliphatic carbocycles. The van der Waals surface area contributed by atoms with Crippen LogP contribution in [0.3, 0.4) is 0 Å². The molecule has 2 aromatic carbocycles. The number of nitrogens with zero attached hydrogens (tertiary/aromatic N) is 1. The molecule has 1 fully saturated rings. The van der Waals surface area contributed by atoms with Gasteiger partial charge in [-0.05, 0) is 18.1 Å². The highest BCUT2D eigenvalue weighted by molar-refractivity contribution is 7.99. The molecule has 3 atom stereocenters. The average molecular weight is 354 g/mol. The molecule has 5 heteroatoms. The summed E-state index contributed by atoms with van der Waals surface area (Å²) in [4.78, 5) is 26.7. The van der Waals surface area contributed by atoms with E-state index in [0.717, 1.165) is 11.1 Å². The number of nitrogens with one attached hydrogen (secondary N) is 1. The standard InChI is InChI=1S/C20H22N2O2S/c1-14(16-9-5-3-6-10-16)21-19(24)18-13-25-20(22(18)15(2)23)17-11-7-4-8-12-17/h3-12,14,18,20H,13H2,1-2H3,(H,21,24). The fourth-order valence-electron chi connectivity index (χ4n) is 3.10. The van der Waals surface area contributed by atoms with Crippen molar-refractivity contribution in [2.45, 2.75) is 31.3 Å². The normalized spacial score (nSPS) is 21.0. The van der Waals surface area contributed by atoms with Gasteiger partial charge in [0, 0.05) is 12.7 Å². The number of hydrogen-bond donors (Lipinski definition) is 1. The molecule has 0 bridgehead atoms. The topological polar surface area (TPSA) is 49.4 Å². The van der Waals surface area contributed by atoms with Gasteiger partial charge in [-0.3, -0.25) is 9.59 Å². The Hall–Kier alpha value is -2.27. The van der Waals surface area contributed by atoms with Gasteiger partial charge in [0.2, 0.25) is 11.8 Å². The summed E-state index contributed by atoms with van der Waals surface area (Å²) in [6.07, 6.45) is 0. The van der Waals surface area contributed by atoms with Gasteiger partial charge in [-0.15, -0.1) is 11.8 Å². The number of amides is 2. The minimum atomic E-state index is -0.445. The smallest absolute Gasteiger partial charge is 0.244 e. The molecular formula is C20H22N2O2S. The lowest BCUT2D eigenvalue weighted by Crippen LogP contribution is -2.47. The van der Waals surface area contributed by atoms with Crippen molar-refractivity contribution in [3.63, 3.8) is 0 Å². The number of carbonyl (C=O) groups is 2. The summed E-state index contributed by atoms with van der Waals surface area (Å²) in [5, 5.41) is 2.94. The lowest BCUT2D eigenvalue weighted by atomic mass is 10.1. The summed E-state index contributed by atoms with van der Waals surface area (Å²) in [5.74, 6) is 0.427. The van der Waals surface area contributed by atoms with Gasteiger partial charge in [0.25, 0.3) is 0 Å². The molecule has 0 radical (unpaired) electrons. The van der Waals surface area contributed by atoms with Gasteiger partial charge >= 0.3 is 0 Å². The molecule has 3 rings (SSSR count). The van der Waals surface area contributed by atoms with Gasteiger partial charge in [0.05, 0.1) is 6.04 Å². The van der Waals surface area contributed by atoms with Gasteiger partial charge in [-0.2, -0.15) is 0 Å². The number of rotatable bonds is 4. The summed E-state index contributed by atoms with van der Waals surface area (Å²) >= 11 is 1.64. The quantitative estimate of drug-likeness (QED) is 0.914. The highest BCUT2D eigenvalue weighted by Gasteiger charge is 2.41. The second-order valence-electron chi connectivity index (χ2n) is 6.18. The molecule has 2 aromatic rings. The molecule has 0 aromatic heterocycles. The monoisotopic (exact) mass is 354 g/mol. The van der Waals surface area contributed by atoms with Crippen molar-refractivity contribution < 1.29 is 9.59 Å². The van der Waals surface area contributed by atoms with Crippen LogP contribution in [0.15, 0.2) is 60.7 Å². The molecular weight excluding hydrogens is 332 g/mol. The Balaban J connectivity index is 1.75. The van der Waals surface area contributed by atoms with Crippen LogP contribution in [0.5, 0.6) is 0 Å². The predicted molar refractivity (Wildman–Crippen MR) is 101 cm³/mol. The highest BCUT2D eigenvalue weighted by atomic mass is 32.2. The maximum atomic E-state index is 12.8. The molecule has 25 heavy (non-hydrogen) atoms. The Kier molecular flexibility index (Phi) is 5.43. The number of hydrogen-bond acceptors (Lipinski definition) is 3. The molecule has 1 aliphatic rings. The van der Waals surface area contributed by atoms with E-state index in [2.05, 4.69) is 5.32 Å². The third-order valence-corrected chi connectivity index (χ3v) is 5.73. The minimum Gasteiger partial charge on any atom is -0.348 e. The van der Waals surface area contributed by atoms with E-state index in [9.17, 15) is 9.59 Å². The van der Waals surface area contributed by atoms with E-state index < -0.39 is 6.04 Å². The molecule has 1 heterocycles. The zero-order valence-corrected chi connectivity index (χ0v) is 15.2. The average Bonchev–Trinajstić information content (AvgIpc) is 3.08. The number of carbonyl (C=O) groups excluding carboxylic acids is 2. The predicted octanol–water partition coefficient (Wildman–Crippen LogP) is 3.53. The molecule has 1 N–H and O–H groups in total. The summed E-state index contributed by atoms with van der Waals surface area (Å²) in [5.41, 5.74) is 2.10. The first-order valence-corrected chi connectivity index (χ1v) is 9.43. The van der Waals surface area contributed by atoms with Crippen molar-refractivity contribution in [2.75, 3.05) is 5.75 Å². The largest absolute Gasteiger partial charge is 0.348 e. The van der Waals surface area contributed by atoms with E-state index >= 15 is 0 Å². The zero-order chi connectivity index (χ0) is 17.8. The summed E-state index contributed by atoms with van der Waals surface area (Å²) < 4.78 is 0. The number of thioether (sulfide) groups is 1. The van der Waals surface area contributed by atoms with Crippen molar-refractivity contribution in [1.29, 1.82) is 0 Å². The molecule has 3 unspecified atom stereocenters. The summed E-state index contributed by atoms with van der Waals surface area (Å²) in [6.45, 7) is 3.49. The molecule has 1 aliphatic heterocycles. The first-order valence-electron chi connectivity index (χ1n) is 8.38. The van der Waals surface area contributed by atoms with E-state index in [0.29, 0.717) is 5.75 Å². The maximum absolute atomic E-state index is 12.8. The van der Waals surface area contributed by atoms with Crippen molar-refractivity contribution in [3.8, 4) is 0 Å². The first kappa shape index (κ1) is 17.5. The van der Waals surface area contributed by atoms with Gasteiger partial charge in [-0.1, -0.05) is 60.7 Å². The van der Waals surface area contributed by atoms with Crippen molar-refractivity contribution in [2.24, 2.45) is 0 Å². The van der Waals surface area contributed by atoms with Crippen LogP contribution >= 0.6 is 11.8 Å². The number of benzene rings is 2. The minimum absolute atomic E-state index is 0.0774. The van der Waals surface area contributed by atoms with Gasteiger partial charge < -0.3 is 10.2 Å². The van der Waals surface area contributed by atoms with E-state index in [1.165, 1.54) is 6.92 Å². The SMILES string of the molecule is CC(=O)N1C(C(=O)NC(C)c2ccccc2)CSC1c1ccccc1. The van der Waals surface area contributed by atoms with E-state index in [4.69, 9.17) is 0 Å². The lowest BCUT2D eigenvalue weighted by Gasteiger charge is -2.28. The van der Waals surface area contributed by atoms with E-state index in [1.807, 2.05) is 67.6 Å². The van der Waals surface area contributed by atoms with Crippen LogP contribution < -0.4 is 5.32 Å². The van der Waals surface area contributed by atoms with E-state index in [-0.39, 0.29) is 23.2 Å². The van der Waals surface area contributed by atoms with Crippen LogP contribution in [0, 0.1) is 0 Å². The summed E-state index contributed by atoms with van der Waals surface area (Å²) in [7, 11) is 0. The molecule has 0 saturated carbocycles. The molecule has 130 valence electrons. The van der Waals surface area contributed by atoms with E-state index in [1.54, 1.807) is 16.7 Å². The maximum Gasteiger partial charge on any atom is 0.244 e. The Morgan fingerprint density at radius 2 is 1.68 bits per heavy atom. The lowest BCUT2D eigenvalue weighted by molar-refractivity contribution is -0.138. The fourth-order valence-corrected chi connectivity index (χ4v) is 4.58. The van der Waals surface area contributed by atoms with Crippen LogP contribution in [0.25, 0.3) is 0 Å². The Labute approximate surface area is 152 Å². The van der Waals surface area contributed by atoms with Crippen molar-refractivity contribution in [3.05, 3.63) is 71.8 Å². The Bertz CT molecular complexity index is 736. The fraction of sp³-hybridized carbons (Fsp3) is 0.300. The van der Waals surface area contributed by atoms with Gasteiger partial charge in [0.1, 0.15) is 11.4 Å². The third-order valence-electron chi connectivity index (χ3n) is 4.41. The second-order valence-corrected chi connectivity index (χ2v) is 7.29. The van der Waals surface area contributed by atoms with Crippen LogP contribution in [-0.2, 0) is 9.59 Å². The van der Waals surface area contributed by atoms with Gasteiger partial charge in [0.15, 0.2) is 0 Å². The molecule has 0 spiro atoms. The first-order chi connectivity index (χ1) is 12.1. The highest BCUT2D eigenvalue weighted by Crippen LogP contribution is 2.41. The van der Waals surface area contributed by atoms with Crippen LogP contribution in [-0.4, -0.2) is 28.5 Å². The van der Waals surface area contributed by atoms with Crippen LogP contribution in [0.2, 0.25) is 0 Å². The third kappa shape index (κ3) is 3.87. The summed E-state index contributed by atoms with van der Waals surface area (Å²) in [6, 6.07) is 19.2. The van der Waals surface area contributed by atoms with Crippen LogP contribution in [0.1, 0.15) is 36.4 Å². The Morgan fingerprint density at radius 1 is 1.08 bits per heavy atom. The molecule has 1 saturated heterocycles. The van der Waals surface area contributed by atoms with Crippen LogP contribution in [0.4, 0.5) is 0 Å².